The highest BCUT2D eigenvalue weighted by Gasteiger charge is 2.42. The van der Waals surface area contributed by atoms with E-state index in [-0.39, 0.29) is 36.2 Å². The molecule has 0 radical (unpaired) electrons. The normalized spacial score (nSPS) is 23.1. The van der Waals surface area contributed by atoms with Crippen molar-refractivity contribution in [1.82, 2.24) is 15.5 Å². The van der Waals surface area contributed by atoms with Crippen LogP contribution in [-0.2, 0) is 24.0 Å². The maximum Gasteiger partial charge on any atom is 0.326 e. The van der Waals surface area contributed by atoms with Gasteiger partial charge in [-0.15, -0.1) is 0 Å². The number of imide groups is 1. The second-order valence-corrected chi connectivity index (χ2v) is 9.31. The van der Waals surface area contributed by atoms with Crippen molar-refractivity contribution < 1.29 is 39.0 Å². The highest BCUT2D eigenvalue weighted by Crippen LogP contribution is 2.33. The molecule has 2 rings (SSSR count). The summed E-state index contributed by atoms with van der Waals surface area (Å²) in [4.78, 5) is 71.2. The lowest BCUT2D eigenvalue weighted by Crippen LogP contribution is -2.54. The Morgan fingerprint density at radius 3 is 2.42 bits per heavy atom. The number of carboxylic acids is 2. The zero-order valence-corrected chi connectivity index (χ0v) is 18.7. The summed E-state index contributed by atoms with van der Waals surface area (Å²) in [5.74, 6) is -4.88. The first-order valence-corrected chi connectivity index (χ1v) is 11.6. The summed E-state index contributed by atoms with van der Waals surface area (Å²) in [6, 6.07) is -3.43. The lowest BCUT2D eigenvalue weighted by Gasteiger charge is -2.29. The van der Waals surface area contributed by atoms with E-state index in [4.69, 9.17) is 16.6 Å². The second-order valence-electron chi connectivity index (χ2n) is 8.03. The van der Waals surface area contributed by atoms with Crippen LogP contribution in [-0.4, -0.2) is 86.0 Å². The van der Waals surface area contributed by atoms with Gasteiger partial charge in [-0.05, 0) is 19.3 Å². The third kappa shape index (κ3) is 7.32. The Morgan fingerprint density at radius 1 is 1.12 bits per heavy atom. The van der Waals surface area contributed by atoms with E-state index >= 15 is 0 Å². The monoisotopic (exact) mass is 487 g/mol. The number of primary amides is 1. The fourth-order valence-electron chi connectivity index (χ4n) is 3.93. The smallest absolute Gasteiger partial charge is 0.326 e. The molecular formula is C19H29N5O8S. The molecule has 5 amide bonds. The van der Waals surface area contributed by atoms with Crippen molar-refractivity contribution in [3.05, 3.63) is 0 Å². The zero-order valence-electron chi connectivity index (χ0n) is 17.9. The van der Waals surface area contributed by atoms with Crippen LogP contribution in [0.1, 0.15) is 44.9 Å². The molecular weight excluding hydrogens is 458 g/mol. The minimum atomic E-state index is -1.69. The van der Waals surface area contributed by atoms with Crippen LogP contribution in [0.2, 0.25) is 0 Å². The number of hydrogen-bond acceptors (Lipinski definition) is 8. The molecule has 184 valence electrons. The Balaban J connectivity index is 2.00. The van der Waals surface area contributed by atoms with Gasteiger partial charge in [-0.1, -0.05) is 6.42 Å². The Labute approximate surface area is 194 Å². The molecule has 33 heavy (non-hydrogen) atoms. The predicted octanol–water partition coefficient (Wildman–Crippen LogP) is -1.41. The molecule has 8 N–H and O–H groups in total. The number of thioether (sulfide) groups is 1. The van der Waals surface area contributed by atoms with Crippen molar-refractivity contribution in [3.8, 4) is 0 Å². The van der Waals surface area contributed by atoms with E-state index in [1.54, 1.807) is 11.8 Å². The molecule has 13 nitrogen and oxygen atoms in total. The van der Waals surface area contributed by atoms with Gasteiger partial charge >= 0.3 is 18.0 Å². The lowest BCUT2D eigenvalue weighted by molar-refractivity contribution is -0.160. The molecule has 0 spiro atoms. The van der Waals surface area contributed by atoms with Gasteiger partial charge < -0.3 is 32.3 Å². The van der Waals surface area contributed by atoms with Crippen molar-refractivity contribution in [2.45, 2.75) is 74.4 Å². The number of amides is 5. The highest BCUT2D eigenvalue weighted by molar-refractivity contribution is 8.00. The lowest BCUT2D eigenvalue weighted by atomic mass is 10.0. The Kier molecular flexibility index (Phi) is 9.46. The minimum Gasteiger partial charge on any atom is -0.481 e. The quantitative estimate of drug-likeness (QED) is 0.131. The van der Waals surface area contributed by atoms with Gasteiger partial charge in [-0.3, -0.25) is 24.1 Å². The third-order valence-corrected chi connectivity index (χ3v) is 7.05. The fourth-order valence-corrected chi connectivity index (χ4v) is 5.48. The molecule has 0 aromatic rings. The van der Waals surface area contributed by atoms with Crippen molar-refractivity contribution in [2.75, 3.05) is 5.75 Å². The van der Waals surface area contributed by atoms with Gasteiger partial charge in [0.25, 0.3) is 0 Å². The second kappa shape index (κ2) is 11.8. The van der Waals surface area contributed by atoms with Crippen LogP contribution < -0.4 is 22.1 Å². The molecule has 14 heteroatoms. The number of rotatable bonds is 13. The fraction of sp³-hybridized carbons (Fsp3) is 0.684. The van der Waals surface area contributed by atoms with Gasteiger partial charge in [-0.2, -0.15) is 11.8 Å². The van der Waals surface area contributed by atoms with Gasteiger partial charge in [-0.25, -0.2) is 9.59 Å². The number of nitrogens with zero attached hydrogens (tertiary/aromatic N) is 1. The van der Waals surface area contributed by atoms with Crippen LogP contribution in [0, 0.1) is 0 Å². The van der Waals surface area contributed by atoms with Gasteiger partial charge in [0.1, 0.15) is 6.04 Å². The molecule has 2 heterocycles. The van der Waals surface area contributed by atoms with Crippen molar-refractivity contribution >= 4 is 47.5 Å². The summed E-state index contributed by atoms with van der Waals surface area (Å²) in [7, 11) is 0. The first kappa shape index (κ1) is 26.4. The average molecular weight is 488 g/mol. The summed E-state index contributed by atoms with van der Waals surface area (Å²) in [5.41, 5.74) is 10.7. The maximum absolute atomic E-state index is 12.8. The zero-order chi connectivity index (χ0) is 24.7. The van der Waals surface area contributed by atoms with Gasteiger partial charge in [0.2, 0.25) is 17.7 Å². The molecule has 2 saturated heterocycles. The number of carbonyl (C=O) groups is 6. The summed E-state index contributed by atoms with van der Waals surface area (Å²) >= 11 is 1.71. The van der Waals surface area contributed by atoms with E-state index in [0.29, 0.717) is 24.2 Å². The number of nitrogens with one attached hydrogen (secondary N) is 2. The van der Waals surface area contributed by atoms with E-state index in [1.807, 2.05) is 0 Å². The first-order chi connectivity index (χ1) is 15.5. The number of carboxylic acid groups (broad SMARTS) is 2. The standard InChI is InChI=1S/C19H29N5O8S/c20-9(7-15(27)28)17(29)24(11(18(30)31)5-6-13(21)25)14(26)4-2-1-3-12-16-10(8-33-12)22-19(32)23-16/h9-12,16H,1-8,20H2,(H2,21,25)(H,27,28)(H,30,31)(H2,22,23,32)/t9-,10-,11-,12-,16-/m0/s1. The molecule has 0 unspecified atom stereocenters. The SMILES string of the molecule is NC(=O)CC[C@@H](C(=O)O)N(C(=O)CCCC[C@@H]1SC[C@@H]2NC(=O)N[C@@H]21)C(=O)[C@@H](N)CC(=O)O. The van der Waals surface area contributed by atoms with Crippen LogP contribution in [0.4, 0.5) is 4.79 Å². The number of aliphatic carboxylic acids is 2. The number of carbonyl (C=O) groups excluding carboxylic acids is 4. The largest absolute Gasteiger partial charge is 0.481 e. The van der Waals surface area contributed by atoms with Crippen molar-refractivity contribution in [2.24, 2.45) is 11.5 Å². The average Bonchev–Trinajstić information content (AvgIpc) is 3.26. The molecule has 2 fully saturated rings. The highest BCUT2D eigenvalue weighted by atomic mass is 32.2. The van der Waals surface area contributed by atoms with Crippen LogP contribution >= 0.6 is 11.8 Å². The predicted molar refractivity (Wildman–Crippen MR) is 116 cm³/mol. The van der Waals surface area contributed by atoms with Crippen molar-refractivity contribution in [3.63, 3.8) is 0 Å². The summed E-state index contributed by atoms with van der Waals surface area (Å²) in [5, 5.41) is 24.3. The number of nitrogens with two attached hydrogens (primary N) is 2. The summed E-state index contributed by atoms with van der Waals surface area (Å²) < 4.78 is 0. The number of urea groups is 1. The van der Waals surface area contributed by atoms with Crippen LogP contribution in [0.5, 0.6) is 0 Å². The Bertz CT molecular complexity index is 809. The molecule has 2 aliphatic rings. The molecule has 0 bridgehead atoms. The van der Waals surface area contributed by atoms with E-state index in [2.05, 4.69) is 10.6 Å². The molecule has 0 aromatic heterocycles. The number of hydrogen-bond donors (Lipinski definition) is 6. The minimum absolute atomic E-state index is 0.00971. The van der Waals surface area contributed by atoms with Gasteiger partial charge in [0.05, 0.1) is 24.5 Å². The Morgan fingerprint density at radius 2 is 1.82 bits per heavy atom. The molecule has 5 atom stereocenters. The summed E-state index contributed by atoms with van der Waals surface area (Å²) in [6.45, 7) is 0. The topological polar surface area (TPSA) is 222 Å². The molecule has 2 aliphatic heterocycles. The summed E-state index contributed by atoms with van der Waals surface area (Å²) in [6.07, 6.45) is -0.106. The van der Waals surface area contributed by atoms with E-state index < -0.39 is 54.6 Å². The Hall–Kier alpha value is -2.87. The molecule has 0 aliphatic carbocycles. The van der Waals surface area contributed by atoms with Crippen LogP contribution in [0.3, 0.4) is 0 Å². The first-order valence-electron chi connectivity index (χ1n) is 10.5. The van der Waals surface area contributed by atoms with E-state index in [0.717, 1.165) is 5.75 Å². The van der Waals surface area contributed by atoms with Crippen molar-refractivity contribution in [1.29, 1.82) is 0 Å². The van der Waals surface area contributed by atoms with E-state index in [1.165, 1.54) is 0 Å². The molecule has 0 aromatic carbocycles. The number of unbranched alkanes of at least 4 members (excludes halogenated alkanes) is 1. The number of fused-ring (bicyclic) bond motifs is 1. The van der Waals surface area contributed by atoms with Crippen LogP contribution in [0.15, 0.2) is 0 Å². The third-order valence-electron chi connectivity index (χ3n) is 5.55. The van der Waals surface area contributed by atoms with Crippen LogP contribution in [0.25, 0.3) is 0 Å². The maximum atomic E-state index is 12.8. The van der Waals surface area contributed by atoms with Gasteiger partial charge in [0.15, 0.2) is 0 Å². The molecule has 0 saturated carbocycles. The van der Waals surface area contributed by atoms with Gasteiger partial charge in [0, 0.05) is 23.8 Å². The van der Waals surface area contributed by atoms with E-state index in [9.17, 15) is 33.9 Å².